The van der Waals surface area contributed by atoms with Crippen LogP contribution in [0.5, 0.6) is 0 Å². The average molecular weight is 536 g/mol. The van der Waals surface area contributed by atoms with Crippen molar-refractivity contribution < 1.29 is 18.3 Å². The lowest BCUT2D eigenvalue weighted by Gasteiger charge is -2.29. The molecule has 1 unspecified atom stereocenters. The van der Waals surface area contributed by atoms with E-state index in [0.29, 0.717) is 72.0 Å². The van der Waals surface area contributed by atoms with Crippen molar-refractivity contribution in [1.82, 2.24) is 4.98 Å². The van der Waals surface area contributed by atoms with Crippen molar-refractivity contribution in [2.24, 2.45) is 0 Å². The minimum atomic E-state index is -0.553. The zero-order valence-corrected chi connectivity index (χ0v) is 22.1. The number of pyridine rings is 1. The molecule has 1 saturated heterocycles. The number of hydrogen-bond acceptors (Lipinski definition) is 7. The quantitative estimate of drug-likeness (QED) is 0.236. The van der Waals surface area contributed by atoms with Gasteiger partial charge in [0.1, 0.15) is 22.8 Å². The summed E-state index contributed by atoms with van der Waals surface area (Å²) in [4.78, 5) is 31.2. The van der Waals surface area contributed by atoms with Crippen LogP contribution < -0.4 is 15.6 Å². The minimum absolute atomic E-state index is 0.0695. The molecule has 5 rings (SSSR count). The smallest absolute Gasteiger partial charge is 0.203 e. The van der Waals surface area contributed by atoms with Crippen LogP contribution in [0.4, 0.5) is 16.0 Å². The van der Waals surface area contributed by atoms with E-state index in [2.05, 4.69) is 10.3 Å². The first kappa shape index (κ1) is 25.9. The van der Waals surface area contributed by atoms with Gasteiger partial charge in [-0.2, -0.15) is 0 Å². The number of halogens is 2. The Hall–Kier alpha value is -3.75. The fraction of sp³-hybridized carbons (Fsp3) is 0.276. The second-order valence-corrected chi connectivity index (χ2v) is 9.87. The molecule has 0 aliphatic carbocycles. The van der Waals surface area contributed by atoms with Gasteiger partial charge in [-0.15, -0.1) is 0 Å². The molecule has 1 aliphatic heterocycles. The summed E-state index contributed by atoms with van der Waals surface area (Å²) >= 11 is 6.19. The molecule has 1 N–H and O–H groups in total. The van der Waals surface area contributed by atoms with Crippen molar-refractivity contribution in [2.75, 3.05) is 36.5 Å². The number of carbonyl (C=O) groups excluding carboxylic acids is 1. The van der Waals surface area contributed by atoms with Gasteiger partial charge in [0.25, 0.3) is 0 Å². The van der Waals surface area contributed by atoms with Crippen LogP contribution in [0, 0.1) is 19.7 Å². The van der Waals surface area contributed by atoms with Gasteiger partial charge in [-0.3, -0.25) is 9.59 Å². The van der Waals surface area contributed by atoms with Crippen LogP contribution in [-0.2, 0) is 4.74 Å². The number of nitrogens with one attached hydrogen (secondary N) is 1. The van der Waals surface area contributed by atoms with E-state index >= 15 is 0 Å². The van der Waals surface area contributed by atoms with E-state index in [1.807, 2.05) is 30.9 Å². The van der Waals surface area contributed by atoms with E-state index in [9.17, 15) is 14.0 Å². The van der Waals surface area contributed by atoms with Crippen molar-refractivity contribution in [1.29, 1.82) is 0 Å². The van der Waals surface area contributed by atoms with Gasteiger partial charge in [-0.25, -0.2) is 9.37 Å². The highest BCUT2D eigenvalue weighted by Crippen LogP contribution is 2.35. The maximum Gasteiger partial charge on any atom is 0.203 e. The topological polar surface area (TPSA) is 84.7 Å². The lowest BCUT2D eigenvalue weighted by molar-refractivity contribution is 0.112. The van der Waals surface area contributed by atoms with E-state index in [0.717, 1.165) is 17.2 Å². The Bertz CT molecular complexity index is 1600. The van der Waals surface area contributed by atoms with Gasteiger partial charge in [0, 0.05) is 29.8 Å². The number of hydrogen-bond donors (Lipinski definition) is 1. The number of anilines is 2. The summed E-state index contributed by atoms with van der Waals surface area (Å²) in [6.07, 6.45) is 0.585. The monoisotopic (exact) mass is 535 g/mol. The van der Waals surface area contributed by atoms with Crippen molar-refractivity contribution in [3.63, 3.8) is 0 Å². The molecule has 2 aromatic carbocycles. The number of fused-ring (bicyclic) bond motifs is 1. The molecule has 9 heteroatoms. The van der Waals surface area contributed by atoms with Gasteiger partial charge < -0.3 is 19.4 Å². The summed E-state index contributed by atoms with van der Waals surface area (Å²) in [5.74, 6) is 0.000874. The predicted molar refractivity (Wildman–Crippen MR) is 147 cm³/mol. The third-order valence-corrected chi connectivity index (χ3v) is 6.90. The number of nitrogens with zero attached hydrogens (tertiary/aromatic N) is 2. The lowest BCUT2D eigenvalue weighted by Crippen LogP contribution is -2.37. The van der Waals surface area contributed by atoms with Crippen LogP contribution >= 0.6 is 11.6 Å². The van der Waals surface area contributed by atoms with Crippen molar-refractivity contribution in [2.45, 2.75) is 26.8 Å². The molecule has 38 heavy (non-hydrogen) atoms. The summed E-state index contributed by atoms with van der Waals surface area (Å²) in [5, 5.41) is 4.18. The number of aldehydes is 1. The van der Waals surface area contributed by atoms with Crippen LogP contribution in [0.25, 0.3) is 22.2 Å². The third-order valence-electron chi connectivity index (χ3n) is 6.69. The number of rotatable bonds is 6. The molecule has 1 aliphatic rings. The highest BCUT2D eigenvalue weighted by molar-refractivity contribution is 6.29. The summed E-state index contributed by atoms with van der Waals surface area (Å²) in [7, 11) is 0. The average Bonchev–Trinajstić information content (AvgIpc) is 2.91. The second kappa shape index (κ2) is 10.6. The first-order valence-corrected chi connectivity index (χ1v) is 12.7. The lowest BCUT2D eigenvalue weighted by atomic mass is 9.99. The van der Waals surface area contributed by atoms with Crippen LogP contribution in [0.2, 0.25) is 5.15 Å². The van der Waals surface area contributed by atoms with E-state index in [1.165, 1.54) is 6.07 Å². The number of aryl methyl sites for hydroxylation is 1. The van der Waals surface area contributed by atoms with E-state index in [1.54, 1.807) is 25.1 Å². The molecule has 4 aromatic rings. The molecular weight excluding hydrogens is 509 g/mol. The summed E-state index contributed by atoms with van der Waals surface area (Å²) in [5.41, 5.74) is 4.30. The standard InChI is InChI=1S/C29H27ClFN3O4/c1-16-10-22(28-23(11-16)27(36)17(2)29(38-28)34-6-8-37-9-7-34)18(3)32-24-4-5-25(30)33-26(24)20-12-19(15-35)13-21(31)14-20/h4-5,10-15,18,32H,6-9H2,1-3H3. The van der Waals surface area contributed by atoms with Crippen LogP contribution in [0.15, 0.2) is 51.7 Å². The first-order valence-electron chi connectivity index (χ1n) is 12.3. The highest BCUT2D eigenvalue weighted by atomic mass is 35.5. The maximum absolute atomic E-state index is 14.2. The molecule has 0 saturated carbocycles. The minimum Gasteiger partial charge on any atom is -0.440 e. The Kier molecular flexibility index (Phi) is 7.19. The van der Waals surface area contributed by atoms with Crippen LogP contribution in [-0.4, -0.2) is 37.6 Å². The van der Waals surface area contributed by atoms with Crippen molar-refractivity contribution in [3.05, 3.63) is 85.9 Å². The summed E-state index contributed by atoms with van der Waals surface area (Å²) < 4.78 is 26.2. The van der Waals surface area contributed by atoms with Crippen LogP contribution in [0.1, 0.15) is 40.0 Å². The van der Waals surface area contributed by atoms with E-state index in [-0.39, 0.29) is 22.2 Å². The molecule has 1 atom stereocenters. The van der Waals surface area contributed by atoms with Gasteiger partial charge >= 0.3 is 0 Å². The van der Waals surface area contributed by atoms with E-state index in [4.69, 9.17) is 20.8 Å². The molecule has 1 fully saturated rings. The number of benzene rings is 2. The Balaban J connectivity index is 1.60. The SMILES string of the molecule is Cc1cc(C(C)Nc2ccc(Cl)nc2-c2cc(F)cc(C=O)c2)c2oc(N3CCOCC3)c(C)c(=O)c2c1. The largest absolute Gasteiger partial charge is 0.440 e. The first-order chi connectivity index (χ1) is 18.2. The zero-order chi connectivity index (χ0) is 27.0. The number of ether oxygens (including phenoxy) is 1. The molecule has 2 aromatic heterocycles. The van der Waals surface area contributed by atoms with Gasteiger partial charge in [0.05, 0.1) is 41.6 Å². The molecule has 0 bridgehead atoms. The highest BCUT2D eigenvalue weighted by Gasteiger charge is 2.23. The molecule has 0 radical (unpaired) electrons. The van der Waals surface area contributed by atoms with Crippen molar-refractivity contribution >= 4 is 40.4 Å². The fourth-order valence-corrected chi connectivity index (χ4v) is 4.99. The maximum atomic E-state index is 14.2. The third kappa shape index (κ3) is 5.01. The van der Waals surface area contributed by atoms with Crippen LogP contribution in [0.3, 0.4) is 0 Å². The van der Waals surface area contributed by atoms with Gasteiger partial charge in [-0.1, -0.05) is 17.7 Å². The molecule has 0 spiro atoms. The number of aromatic nitrogens is 1. The molecule has 7 nitrogen and oxygen atoms in total. The Labute approximate surface area is 224 Å². The Morgan fingerprint density at radius 1 is 1.13 bits per heavy atom. The normalized spacial score (nSPS) is 14.5. The predicted octanol–water partition coefficient (Wildman–Crippen LogP) is 6.09. The van der Waals surface area contributed by atoms with Gasteiger partial charge in [0.2, 0.25) is 5.88 Å². The van der Waals surface area contributed by atoms with Crippen molar-refractivity contribution in [3.8, 4) is 11.3 Å². The Morgan fingerprint density at radius 3 is 2.63 bits per heavy atom. The van der Waals surface area contributed by atoms with E-state index < -0.39 is 5.82 Å². The van der Waals surface area contributed by atoms with Gasteiger partial charge in [0.15, 0.2) is 5.43 Å². The molecule has 3 heterocycles. The summed E-state index contributed by atoms with van der Waals surface area (Å²) in [6, 6.07) is 10.9. The van der Waals surface area contributed by atoms with Gasteiger partial charge in [-0.05, 0) is 62.7 Å². The molecular formula is C29H27ClFN3O4. The summed E-state index contributed by atoms with van der Waals surface area (Å²) in [6.45, 7) is 8.09. The number of carbonyl (C=O) groups is 1. The zero-order valence-electron chi connectivity index (χ0n) is 21.3. The Morgan fingerprint density at radius 2 is 1.89 bits per heavy atom. The molecule has 0 amide bonds. The second-order valence-electron chi connectivity index (χ2n) is 9.48. The number of morpholine rings is 1. The fourth-order valence-electron chi connectivity index (χ4n) is 4.85. The molecule has 196 valence electrons.